The van der Waals surface area contributed by atoms with Gasteiger partial charge in [-0.15, -0.1) is 11.3 Å². The van der Waals surface area contributed by atoms with Crippen LogP contribution in [-0.4, -0.2) is 30.3 Å². The number of aromatic nitrogens is 2. The van der Waals surface area contributed by atoms with E-state index in [0.717, 1.165) is 16.1 Å². The van der Waals surface area contributed by atoms with Crippen LogP contribution in [-0.2, 0) is 0 Å². The Morgan fingerprint density at radius 3 is 2.68 bits per heavy atom. The molecule has 3 rings (SSSR count). The lowest BCUT2D eigenvalue weighted by Gasteiger charge is -2.16. The van der Waals surface area contributed by atoms with E-state index in [1.54, 1.807) is 31.6 Å². The molecule has 0 unspecified atom stereocenters. The molecule has 2 heterocycles. The van der Waals surface area contributed by atoms with E-state index in [-0.39, 0.29) is 11.9 Å². The summed E-state index contributed by atoms with van der Waals surface area (Å²) in [5.41, 5.74) is 2.11. The van der Waals surface area contributed by atoms with Crippen LogP contribution in [0, 0.1) is 0 Å². The SMILES string of the molecule is COc1ccc([C@@H](C)NC(=O)c2cc(-c3cccs3)[nH]n2)cc1OC. The molecule has 0 bridgehead atoms. The fourth-order valence-electron chi connectivity index (χ4n) is 2.47. The molecule has 1 amide bonds. The first-order chi connectivity index (χ1) is 12.1. The molecule has 1 aromatic carbocycles. The highest BCUT2D eigenvalue weighted by Gasteiger charge is 2.16. The number of H-pyrrole nitrogens is 1. The Kier molecular flexibility index (Phi) is 5.04. The van der Waals surface area contributed by atoms with Gasteiger partial charge in [0.15, 0.2) is 17.2 Å². The van der Waals surface area contributed by atoms with Crippen LogP contribution in [0.1, 0.15) is 29.0 Å². The number of aromatic amines is 1. The van der Waals surface area contributed by atoms with Crippen molar-refractivity contribution in [3.05, 3.63) is 53.0 Å². The molecule has 2 N–H and O–H groups in total. The Hall–Kier alpha value is -2.80. The second-order valence-corrected chi connectivity index (χ2v) is 6.40. The maximum atomic E-state index is 12.4. The number of carbonyl (C=O) groups excluding carboxylic acids is 1. The molecular weight excluding hydrogens is 338 g/mol. The number of carbonyl (C=O) groups is 1. The van der Waals surface area contributed by atoms with Gasteiger partial charge in [-0.3, -0.25) is 9.89 Å². The molecule has 0 spiro atoms. The number of nitrogens with zero attached hydrogens (tertiary/aromatic N) is 1. The first-order valence-electron chi connectivity index (χ1n) is 7.74. The van der Waals surface area contributed by atoms with Crippen LogP contribution in [0.5, 0.6) is 11.5 Å². The molecule has 7 heteroatoms. The van der Waals surface area contributed by atoms with Gasteiger partial charge in [-0.1, -0.05) is 12.1 Å². The monoisotopic (exact) mass is 357 g/mol. The van der Waals surface area contributed by atoms with E-state index >= 15 is 0 Å². The second-order valence-electron chi connectivity index (χ2n) is 5.45. The molecule has 0 saturated carbocycles. The Morgan fingerprint density at radius 2 is 2.00 bits per heavy atom. The van der Waals surface area contributed by atoms with Crippen LogP contribution in [0.4, 0.5) is 0 Å². The first-order valence-corrected chi connectivity index (χ1v) is 8.62. The lowest BCUT2D eigenvalue weighted by molar-refractivity contribution is 0.0934. The zero-order chi connectivity index (χ0) is 17.8. The molecule has 0 radical (unpaired) electrons. The second kappa shape index (κ2) is 7.40. The molecule has 3 aromatic rings. The third kappa shape index (κ3) is 3.66. The van der Waals surface area contributed by atoms with Crippen LogP contribution < -0.4 is 14.8 Å². The van der Waals surface area contributed by atoms with Gasteiger partial charge in [-0.05, 0) is 42.1 Å². The maximum absolute atomic E-state index is 12.4. The topological polar surface area (TPSA) is 76.2 Å². The summed E-state index contributed by atoms with van der Waals surface area (Å²) < 4.78 is 10.5. The molecule has 0 fully saturated rings. The predicted octanol–water partition coefficient (Wildman–Crippen LogP) is 3.65. The fraction of sp³-hybridized carbons (Fsp3) is 0.222. The third-order valence-electron chi connectivity index (χ3n) is 3.85. The van der Waals surface area contributed by atoms with E-state index in [0.29, 0.717) is 17.2 Å². The van der Waals surface area contributed by atoms with E-state index in [9.17, 15) is 4.79 Å². The quantitative estimate of drug-likeness (QED) is 0.706. The number of nitrogens with one attached hydrogen (secondary N) is 2. The Labute approximate surface area is 149 Å². The van der Waals surface area contributed by atoms with Gasteiger partial charge in [-0.2, -0.15) is 5.10 Å². The summed E-state index contributed by atoms with van der Waals surface area (Å²) in [6.07, 6.45) is 0. The van der Waals surface area contributed by atoms with Crippen molar-refractivity contribution < 1.29 is 14.3 Å². The molecular formula is C18H19N3O3S. The molecule has 1 atom stereocenters. The normalized spacial score (nSPS) is 11.8. The molecule has 0 aliphatic heterocycles. The maximum Gasteiger partial charge on any atom is 0.272 e. The number of benzene rings is 1. The smallest absolute Gasteiger partial charge is 0.272 e. The van der Waals surface area contributed by atoms with Crippen LogP contribution in [0.2, 0.25) is 0 Å². The molecule has 0 aliphatic rings. The van der Waals surface area contributed by atoms with Crippen molar-refractivity contribution in [1.29, 1.82) is 0 Å². The largest absolute Gasteiger partial charge is 0.493 e. The average Bonchev–Trinajstić information content (AvgIpc) is 3.32. The lowest BCUT2D eigenvalue weighted by Crippen LogP contribution is -2.27. The Morgan fingerprint density at radius 1 is 1.20 bits per heavy atom. The van der Waals surface area contributed by atoms with Gasteiger partial charge in [-0.25, -0.2) is 0 Å². The molecule has 130 valence electrons. The van der Waals surface area contributed by atoms with Crippen LogP contribution >= 0.6 is 11.3 Å². The number of rotatable bonds is 6. The van der Waals surface area contributed by atoms with Crippen LogP contribution in [0.15, 0.2) is 41.8 Å². The minimum Gasteiger partial charge on any atom is -0.493 e. The first kappa shape index (κ1) is 17.0. The summed E-state index contributed by atoms with van der Waals surface area (Å²) in [4.78, 5) is 13.5. The summed E-state index contributed by atoms with van der Waals surface area (Å²) in [6.45, 7) is 1.91. The number of methoxy groups -OCH3 is 2. The van der Waals surface area contributed by atoms with Crippen LogP contribution in [0.25, 0.3) is 10.6 Å². The predicted molar refractivity (Wildman–Crippen MR) is 97.3 cm³/mol. The van der Waals surface area contributed by atoms with Gasteiger partial charge in [0.1, 0.15) is 0 Å². The van der Waals surface area contributed by atoms with Crippen molar-refractivity contribution in [2.75, 3.05) is 14.2 Å². The summed E-state index contributed by atoms with van der Waals surface area (Å²) in [5.74, 6) is 1.04. The third-order valence-corrected chi connectivity index (χ3v) is 4.76. The molecule has 25 heavy (non-hydrogen) atoms. The van der Waals surface area contributed by atoms with E-state index in [2.05, 4.69) is 15.5 Å². The van der Waals surface area contributed by atoms with Gasteiger partial charge in [0.25, 0.3) is 5.91 Å². The summed E-state index contributed by atoms with van der Waals surface area (Å²) in [5, 5.41) is 11.9. The average molecular weight is 357 g/mol. The van der Waals surface area contributed by atoms with Crippen molar-refractivity contribution in [2.24, 2.45) is 0 Å². The Bertz CT molecular complexity index is 858. The van der Waals surface area contributed by atoms with Gasteiger partial charge < -0.3 is 14.8 Å². The summed E-state index contributed by atoms with van der Waals surface area (Å²) in [7, 11) is 3.17. The summed E-state index contributed by atoms with van der Waals surface area (Å²) >= 11 is 1.59. The number of hydrogen-bond acceptors (Lipinski definition) is 5. The van der Waals surface area contributed by atoms with E-state index in [1.807, 2.05) is 42.6 Å². The van der Waals surface area contributed by atoms with E-state index in [1.165, 1.54) is 0 Å². The highest BCUT2D eigenvalue weighted by Crippen LogP contribution is 2.30. The standard InChI is InChI=1S/C18H19N3O3S/c1-11(12-6-7-15(23-2)16(9-12)24-3)19-18(22)14-10-13(20-21-14)17-5-4-8-25-17/h4-11H,1-3H3,(H,19,22)(H,20,21)/t11-/m1/s1. The van der Waals surface area contributed by atoms with Crippen molar-refractivity contribution in [3.63, 3.8) is 0 Å². The van der Waals surface area contributed by atoms with E-state index in [4.69, 9.17) is 9.47 Å². The lowest BCUT2D eigenvalue weighted by atomic mass is 10.1. The Balaban J connectivity index is 1.72. The van der Waals surface area contributed by atoms with Crippen LogP contribution in [0.3, 0.4) is 0 Å². The van der Waals surface area contributed by atoms with Crippen molar-refractivity contribution in [1.82, 2.24) is 15.5 Å². The van der Waals surface area contributed by atoms with Gasteiger partial charge in [0.05, 0.1) is 30.8 Å². The summed E-state index contributed by atoms with van der Waals surface area (Å²) in [6, 6.07) is 11.1. The highest BCUT2D eigenvalue weighted by molar-refractivity contribution is 7.13. The molecule has 6 nitrogen and oxygen atoms in total. The minimum atomic E-state index is -0.235. The number of hydrogen-bond donors (Lipinski definition) is 2. The van der Waals surface area contributed by atoms with E-state index < -0.39 is 0 Å². The van der Waals surface area contributed by atoms with Gasteiger partial charge >= 0.3 is 0 Å². The molecule has 2 aromatic heterocycles. The molecule has 0 aliphatic carbocycles. The zero-order valence-corrected chi connectivity index (χ0v) is 15.0. The fourth-order valence-corrected chi connectivity index (χ4v) is 3.16. The highest BCUT2D eigenvalue weighted by atomic mass is 32.1. The van der Waals surface area contributed by atoms with Gasteiger partial charge in [0, 0.05) is 0 Å². The number of ether oxygens (including phenoxy) is 2. The van der Waals surface area contributed by atoms with Crippen molar-refractivity contribution >= 4 is 17.2 Å². The zero-order valence-electron chi connectivity index (χ0n) is 14.2. The number of amides is 1. The van der Waals surface area contributed by atoms with Crippen molar-refractivity contribution in [3.8, 4) is 22.1 Å². The van der Waals surface area contributed by atoms with Gasteiger partial charge in [0.2, 0.25) is 0 Å². The number of thiophene rings is 1. The van der Waals surface area contributed by atoms with Crippen molar-refractivity contribution in [2.45, 2.75) is 13.0 Å². The molecule has 0 saturated heterocycles. The minimum absolute atomic E-state index is 0.200.